The molecule has 0 fully saturated rings. The van der Waals surface area contributed by atoms with Gasteiger partial charge in [0.1, 0.15) is 5.75 Å². The summed E-state index contributed by atoms with van der Waals surface area (Å²) in [5.41, 5.74) is 1.08. The van der Waals surface area contributed by atoms with Gasteiger partial charge < -0.3 is 4.74 Å². The lowest BCUT2D eigenvalue weighted by Gasteiger charge is -2.02. The van der Waals surface area contributed by atoms with Crippen LogP contribution in [0.2, 0.25) is 0 Å². The summed E-state index contributed by atoms with van der Waals surface area (Å²) in [6, 6.07) is 8.17. The number of nitrogens with zero attached hydrogens (tertiary/aromatic N) is 2. The molecule has 17 heavy (non-hydrogen) atoms. The van der Waals surface area contributed by atoms with E-state index in [1.807, 2.05) is 24.5 Å². The van der Waals surface area contributed by atoms with Gasteiger partial charge in [0.05, 0.1) is 29.9 Å². The molecule has 0 unspecified atom stereocenters. The first kappa shape index (κ1) is 10.4. The summed E-state index contributed by atoms with van der Waals surface area (Å²) >= 11 is 1.75. The highest BCUT2D eigenvalue weighted by molar-refractivity contribution is 7.15. The van der Waals surface area contributed by atoms with Crippen LogP contribution >= 0.6 is 11.3 Å². The Morgan fingerprint density at radius 2 is 2.12 bits per heavy atom. The van der Waals surface area contributed by atoms with Crippen molar-refractivity contribution in [1.82, 2.24) is 9.38 Å². The highest BCUT2D eigenvalue weighted by atomic mass is 32.1. The van der Waals surface area contributed by atoms with E-state index in [4.69, 9.17) is 4.74 Å². The average molecular weight is 244 g/mol. The number of aryl methyl sites for hydroxylation is 1. The number of aromatic nitrogens is 2. The fraction of sp³-hybridized carbons (Fsp3) is 0.154. The summed E-state index contributed by atoms with van der Waals surface area (Å²) in [6.45, 7) is 2.10. The third-order valence-electron chi connectivity index (χ3n) is 2.70. The van der Waals surface area contributed by atoms with E-state index in [0.29, 0.717) is 0 Å². The molecule has 3 nitrogen and oxygen atoms in total. The number of hydrogen-bond donors (Lipinski definition) is 0. The molecule has 0 aliphatic heterocycles. The molecule has 0 N–H and O–H groups in total. The largest absolute Gasteiger partial charge is 0.495 e. The van der Waals surface area contributed by atoms with Crippen LogP contribution in [-0.2, 0) is 0 Å². The zero-order chi connectivity index (χ0) is 11.8. The zero-order valence-corrected chi connectivity index (χ0v) is 10.5. The van der Waals surface area contributed by atoms with Crippen LogP contribution in [0.3, 0.4) is 0 Å². The Balaban J connectivity index is 2.22. The van der Waals surface area contributed by atoms with Gasteiger partial charge in [-0.2, -0.15) is 0 Å². The smallest absolute Gasteiger partial charge is 0.154 e. The van der Waals surface area contributed by atoms with Crippen molar-refractivity contribution in [3.05, 3.63) is 41.5 Å². The Morgan fingerprint density at radius 3 is 2.82 bits per heavy atom. The molecule has 0 spiro atoms. The molecule has 86 valence electrons. The van der Waals surface area contributed by atoms with E-state index in [-0.39, 0.29) is 0 Å². The van der Waals surface area contributed by atoms with Gasteiger partial charge in [0.2, 0.25) is 0 Å². The average Bonchev–Trinajstić information content (AvgIpc) is 2.93. The summed E-state index contributed by atoms with van der Waals surface area (Å²) in [5, 5.41) is 0. The number of fused-ring (bicyclic) bond motifs is 1. The van der Waals surface area contributed by atoms with E-state index in [1.54, 1.807) is 18.4 Å². The molecular formula is C13H12N2OS. The third-order valence-corrected chi connectivity index (χ3v) is 3.69. The van der Waals surface area contributed by atoms with E-state index < -0.39 is 0 Å². The molecule has 3 aromatic rings. The molecule has 0 amide bonds. The number of rotatable bonds is 2. The van der Waals surface area contributed by atoms with Crippen molar-refractivity contribution in [2.75, 3.05) is 7.11 Å². The van der Waals surface area contributed by atoms with Crippen molar-refractivity contribution in [3.8, 4) is 16.5 Å². The number of ether oxygens (including phenoxy) is 1. The van der Waals surface area contributed by atoms with E-state index >= 15 is 0 Å². The fourth-order valence-electron chi connectivity index (χ4n) is 1.83. The molecule has 0 atom stereocenters. The summed E-state index contributed by atoms with van der Waals surface area (Å²) < 4.78 is 7.30. The quantitative estimate of drug-likeness (QED) is 0.691. The van der Waals surface area contributed by atoms with Gasteiger partial charge in [0.15, 0.2) is 5.82 Å². The van der Waals surface area contributed by atoms with Crippen LogP contribution in [0.4, 0.5) is 0 Å². The second-order valence-electron chi connectivity index (χ2n) is 3.86. The molecule has 4 heteroatoms. The van der Waals surface area contributed by atoms with Crippen molar-refractivity contribution >= 4 is 16.9 Å². The maximum Gasteiger partial charge on any atom is 0.154 e. The maximum atomic E-state index is 5.24. The molecule has 3 heterocycles. The lowest BCUT2D eigenvalue weighted by atomic mass is 10.4. The first-order chi connectivity index (χ1) is 8.28. The van der Waals surface area contributed by atoms with Crippen molar-refractivity contribution in [3.63, 3.8) is 0 Å². The highest BCUT2D eigenvalue weighted by Gasteiger charge is 2.08. The number of pyridine rings is 1. The number of thiophene rings is 1. The van der Waals surface area contributed by atoms with Crippen LogP contribution in [0.1, 0.15) is 4.88 Å². The van der Waals surface area contributed by atoms with Gasteiger partial charge in [-0.1, -0.05) is 0 Å². The van der Waals surface area contributed by atoms with Gasteiger partial charge in [-0.15, -0.1) is 11.3 Å². The Hall–Kier alpha value is -1.81. The van der Waals surface area contributed by atoms with Crippen molar-refractivity contribution in [1.29, 1.82) is 0 Å². The Kier molecular flexibility index (Phi) is 2.37. The monoisotopic (exact) mass is 244 g/mol. The van der Waals surface area contributed by atoms with Crippen LogP contribution < -0.4 is 4.74 Å². The van der Waals surface area contributed by atoms with E-state index in [9.17, 15) is 0 Å². The molecule has 0 aromatic carbocycles. The minimum atomic E-state index is 0.838. The molecule has 0 saturated heterocycles. The molecule has 0 bridgehead atoms. The van der Waals surface area contributed by atoms with E-state index in [1.165, 1.54) is 9.75 Å². The standard InChI is InChI=1S/C13H12N2OS/c1-9-3-6-12(17-9)13-14-7-10-4-5-11(16-2)8-15(10)13/h3-8H,1-2H3. The number of hydrogen-bond acceptors (Lipinski definition) is 3. The summed E-state index contributed by atoms with van der Waals surface area (Å²) in [5.74, 6) is 1.81. The molecule has 0 saturated carbocycles. The molecule has 3 aromatic heterocycles. The molecule has 0 aliphatic carbocycles. The Morgan fingerprint density at radius 1 is 1.24 bits per heavy atom. The molecule has 3 rings (SSSR count). The maximum absolute atomic E-state index is 5.24. The number of imidazole rings is 1. The Labute approximate surface area is 103 Å². The first-order valence-corrected chi connectivity index (χ1v) is 6.17. The van der Waals surface area contributed by atoms with Gasteiger partial charge in [0.25, 0.3) is 0 Å². The van der Waals surface area contributed by atoms with Gasteiger partial charge in [0, 0.05) is 4.88 Å². The molecular weight excluding hydrogens is 232 g/mol. The van der Waals surface area contributed by atoms with Crippen molar-refractivity contribution in [2.24, 2.45) is 0 Å². The first-order valence-electron chi connectivity index (χ1n) is 5.36. The van der Waals surface area contributed by atoms with Crippen molar-refractivity contribution in [2.45, 2.75) is 6.92 Å². The van der Waals surface area contributed by atoms with Crippen LogP contribution in [-0.4, -0.2) is 16.5 Å². The Bertz CT molecular complexity index is 669. The van der Waals surface area contributed by atoms with Crippen LogP contribution in [0.25, 0.3) is 16.2 Å². The van der Waals surface area contributed by atoms with Gasteiger partial charge in [-0.25, -0.2) is 4.98 Å². The normalized spacial score (nSPS) is 10.9. The van der Waals surface area contributed by atoms with Crippen LogP contribution in [0, 0.1) is 6.92 Å². The lowest BCUT2D eigenvalue weighted by molar-refractivity contribution is 0.412. The minimum absolute atomic E-state index is 0.838. The lowest BCUT2D eigenvalue weighted by Crippen LogP contribution is -1.90. The predicted octanol–water partition coefficient (Wildman–Crippen LogP) is 3.38. The minimum Gasteiger partial charge on any atom is -0.495 e. The third kappa shape index (κ3) is 1.70. The summed E-state index contributed by atoms with van der Waals surface area (Å²) in [7, 11) is 1.67. The second-order valence-corrected chi connectivity index (χ2v) is 5.14. The highest BCUT2D eigenvalue weighted by Crippen LogP contribution is 2.28. The van der Waals surface area contributed by atoms with Gasteiger partial charge in [-0.05, 0) is 31.2 Å². The van der Waals surface area contributed by atoms with Gasteiger partial charge in [-0.3, -0.25) is 4.40 Å². The molecule has 0 radical (unpaired) electrons. The summed E-state index contributed by atoms with van der Waals surface area (Å²) in [4.78, 5) is 6.94. The topological polar surface area (TPSA) is 26.5 Å². The van der Waals surface area contributed by atoms with E-state index in [0.717, 1.165) is 17.1 Å². The van der Waals surface area contributed by atoms with E-state index in [2.05, 4.69) is 28.4 Å². The fourth-order valence-corrected chi connectivity index (χ4v) is 2.69. The predicted molar refractivity (Wildman–Crippen MR) is 69.8 cm³/mol. The SMILES string of the molecule is COc1ccc2cnc(-c3ccc(C)s3)n2c1. The number of methoxy groups -OCH3 is 1. The second kappa shape index (κ2) is 3.89. The van der Waals surface area contributed by atoms with Crippen molar-refractivity contribution < 1.29 is 4.74 Å². The van der Waals surface area contributed by atoms with Crippen LogP contribution in [0.15, 0.2) is 36.7 Å². The zero-order valence-electron chi connectivity index (χ0n) is 9.68. The molecule has 0 aliphatic rings. The van der Waals surface area contributed by atoms with Gasteiger partial charge >= 0.3 is 0 Å². The summed E-state index contributed by atoms with van der Waals surface area (Å²) in [6.07, 6.45) is 3.84. The van der Waals surface area contributed by atoms with Crippen LogP contribution in [0.5, 0.6) is 5.75 Å².